The normalized spacial score (nSPS) is 15.2. The maximum atomic E-state index is 13.8. The number of ether oxygens (including phenoxy) is 1. The summed E-state index contributed by atoms with van der Waals surface area (Å²) >= 11 is 12.9. The first-order valence-corrected chi connectivity index (χ1v) is 16.2. The third-order valence-corrected chi connectivity index (χ3v) is 8.06. The molecule has 6 nitrogen and oxygen atoms in total. The molecular weight excluding hydrogens is 615 g/mol. The Bertz CT molecular complexity index is 1530. The molecule has 3 aromatic carbocycles. The van der Waals surface area contributed by atoms with Crippen LogP contribution in [0.2, 0.25) is 10.0 Å². The van der Waals surface area contributed by atoms with Gasteiger partial charge >= 0.3 is 11.7 Å². The summed E-state index contributed by atoms with van der Waals surface area (Å²) < 4.78 is 16.5. The predicted octanol–water partition coefficient (Wildman–Crippen LogP) is 7.65. The van der Waals surface area contributed by atoms with E-state index in [1.54, 1.807) is 18.2 Å². The monoisotopic (exact) mass is 651 g/mol. The van der Waals surface area contributed by atoms with Gasteiger partial charge in [0.1, 0.15) is 5.75 Å². The lowest BCUT2D eigenvalue weighted by Gasteiger charge is -2.22. The van der Waals surface area contributed by atoms with E-state index in [0.717, 1.165) is 28.1 Å². The van der Waals surface area contributed by atoms with Crippen molar-refractivity contribution < 1.29 is 18.5 Å². The third kappa shape index (κ3) is 9.74. The molecule has 0 aliphatic heterocycles. The predicted molar refractivity (Wildman–Crippen MR) is 179 cm³/mol. The first-order valence-electron chi connectivity index (χ1n) is 14.5. The third-order valence-electron chi connectivity index (χ3n) is 7.13. The molecule has 0 aromatic heterocycles. The fourth-order valence-corrected chi connectivity index (χ4v) is 5.50. The number of hydrogen-bond donors (Lipinski definition) is 2. The van der Waals surface area contributed by atoms with E-state index < -0.39 is 5.92 Å². The highest BCUT2D eigenvalue weighted by molar-refractivity contribution is 7.65. The number of amides is 2. The number of rotatable bonds is 12. The lowest BCUT2D eigenvalue weighted by atomic mass is 9.89. The number of allylic oxidation sites excluding steroid dienone is 3. The molecule has 44 heavy (non-hydrogen) atoms. The highest BCUT2D eigenvalue weighted by Gasteiger charge is 2.24. The highest BCUT2D eigenvalue weighted by atomic mass is 35.5. The Morgan fingerprint density at radius 2 is 1.75 bits per heavy atom. The molecule has 230 valence electrons. The Balaban J connectivity index is 1.49. The van der Waals surface area contributed by atoms with Crippen LogP contribution in [-0.2, 0) is 27.1 Å². The molecule has 3 aromatic rings. The Morgan fingerprint density at radius 1 is 1.02 bits per heavy atom. The molecule has 0 saturated heterocycles. The van der Waals surface area contributed by atoms with Crippen LogP contribution in [0.25, 0.3) is 0 Å². The summed E-state index contributed by atoms with van der Waals surface area (Å²) in [5.41, 5.74) is 4.01. The average molecular weight is 653 g/mol. The van der Waals surface area contributed by atoms with Gasteiger partial charge in [0.05, 0.1) is 19.1 Å². The molecule has 0 bridgehead atoms. The molecule has 0 radical (unpaired) electrons. The van der Waals surface area contributed by atoms with Crippen molar-refractivity contribution in [1.29, 1.82) is 0 Å². The second-order valence-electron chi connectivity index (χ2n) is 12.0. The van der Waals surface area contributed by atoms with E-state index >= 15 is 0 Å². The molecule has 2 atom stereocenters. The standard InChI is InChI=1S/C35H36Cl2N2O4S/c1-35(2,3)22-43-29-15-10-25(11-16-29)31(20-23-4-6-26(7-5-23)33(40)38-18-19-44-42)34(41)39-28-13-8-24(9-14-28)30-17-12-27(36)21-32(30)37/h4-8,10-17,21,24,31H,9,18-20,22H2,1-3H3,(H-,38,39,40,41)/p+1. The Labute approximate surface area is 273 Å². The Morgan fingerprint density at radius 3 is 2.36 bits per heavy atom. The summed E-state index contributed by atoms with van der Waals surface area (Å²) in [6.45, 7) is 7.23. The number of halogens is 2. The van der Waals surface area contributed by atoms with Crippen molar-refractivity contribution in [1.82, 2.24) is 10.6 Å². The fourth-order valence-electron chi connectivity index (χ4n) is 4.77. The molecule has 0 saturated carbocycles. The summed E-state index contributed by atoms with van der Waals surface area (Å²) in [6.07, 6.45) is 7.08. The molecule has 9 heteroatoms. The van der Waals surface area contributed by atoms with Crippen LogP contribution in [0.1, 0.15) is 66.1 Å². The number of carbonyl (C=O) groups is 2. The Hall–Kier alpha value is -3.52. The lowest BCUT2D eigenvalue weighted by molar-refractivity contribution is -0.121. The van der Waals surface area contributed by atoms with Crippen LogP contribution in [0.3, 0.4) is 0 Å². The van der Waals surface area contributed by atoms with E-state index in [-0.39, 0.29) is 23.1 Å². The van der Waals surface area contributed by atoms with Crippen LogP contribution in [0.5, 0.6) is 5.75 Å². The number of benzene rings is 3. The summed E-state index contributed by atoms with van der Waals surface area (Å²) in [4.78, 5) is 26.2. The van der Waals surface area contributed by atoms with Gasteiger partial charge in [-0.3, -0.25) is 9.59 Å². The molecule has 0 heterocycles. The largest absolute Gasteiger partial charge is 0.493 e. The van der Waals surface area contributed by atoms with E-state index in [2.05, 4.69) is 31.4 Å². The molecule has 1 aliphatic rings. The fraction of sp³-hybridized carbons (Fsp3) is 0.314. The Kier molecular flexibility index (Phi) is 11.7. The topological polar surface area (TPSA) is 84.5 Å². The van der Waals surface area contributed by atoms with Crippen molar-refractivity contribution in [3.05, 3.63) is 123 Å². The van der Waals surface area contributed by atoms with Crippen LogP contribution in [-0.4, -0.2) is 30.7 Å². The first-order chi connectivity index (χ1) is 21.0. The highest BCUT2D eigenvalue weighted by Crippen LogP contribution is 2.33. The molecule has 4 rings (SSSR count). The smallest absolute Gasteiger partial charge is 0.460 e. The van der Waals surface area contributed by atoms with Gasteiger partial charge in [-0.1, -0.05) is 86.5 Å². The summed E-state index contributed by atoms with van der Waals surface area (Å²) in [5.74, 6) is 0.286. The zero-order chi connectivity index (χ0) is 31.7. The van der Waals surface area contributed by atoms with Crippen molar-refractivity contribution in [2.24, 2.45) is 5.41 Å². The van der Waals surface area contributed by atoms with E-state index in [1.165, 1.54) is 0 Å². The van der Waals surface area contributed by atoms with Gasteiger partial charge in [-0.2, -0.15) is 0 Å². The van der Waals surface area contributed by atoms with Crippen molar-refractivity contribution in [2.45, 2.75) is 45.4 Å². The second kappa shape index (κ2) is 15.5. The van der Waals surface area contributed by atoms with Crippen LogP contribution in [0.4, 0.5) is 0 Å². The zero-order valence-corrected chi connectivity index (χ0v) is 27.4. The molecular formula is C35H37Cl2N2O4S+. The maximum absolute atomic E-state index is 13.8. The molecule has 0 fully saturated rings. The maximum Gasteiger partial charge on any atom is 0.460 e. The molecule has 2 amide bonds. The quantitative estimate of drug-likeness (QED) is 0.156. The van der Waals surface area contributed by atoms with Gasteiger partial charge in [0, 0.05) is 31.4 Å². The zero-order valence-electron chi connectivity index (χ0n) is 25.1. The summed E-state index contributed by atoms with van der Waals surface area (Å²) in [7, 11) is 0. The van der Waals surface area contributed by atoms with Crippen LogP contribution in [0.15, 0.2) is 90.7 Å². The van der Waals surface area contributed by atoms with Gasteiger partial charge in [0.25, 0.3) is 5.91 Å². The van der Waals surface area contributed by atoms with E-state index in [4.69, 9.17) is 27.9 Å². The van der Waals surface area contributed by atoms with Crippen LogP contribution >= 0.6 is 23.2 Å². The minimum atomic E-state index is -0.488. The molecule has 0 spiro atoms. The summed E-state index contributed by atoms with van der Waals surface area (Å²) in [6, 6.07) is 20.4. The minimum absolute atomic E-state index is 0.0261. The number of hydrogen-bond acceptors (Lipinski definition) is 4. The van der Waals surface area contributed by atoms with E-state index in [0.29, 0.717) is 59.0 Å². The first kappa shape index (κ1) is 33.4. The molecule has 2 N–H and O–H groups in total. The van der Waals surface area contributed by atoms with Gasteiger partial charge in [-0.25, -0.2) is 0 Å². The van der Waals surface area contributed by atoms with Gasteiger partial charge in [-0.15, -0.1) is 0 Å². The van der Waals surface area contributed by atoms with Crippen molar-refractivity contribution in [3.8, 4) is 5.75 Å². The number of nitrogens with one attached hydrogen (secondary N) is 2. The summed E-state index contributed by atoms with van der Waals surface area (Å²) in [5, 5.41) is 7.05. The van der Waals surface area contributed by atoms with Crippen molar-refractivity contribution in [3.63, 3.8) is 0 Å². The lowest BCUT2D eigenvalue weighted by Crippen LogP contribution is -2.30. The van der Waals surface area contributed by atoms with Crippen LogP contribution in [0, 0.1) is 5.41 Å². The van der Waals surface area contributed by atoms with Crippen LogP contribution < -0.4 is 15.4 Å². The second-order valence-corrected chi connectivity index (χ2v) is 13.5. The van der Waals surface area contributed by atoms with Gasteiger partial charge in [-0.05, 0) is 77.4 Å². The SMILES string of the molecule is CC(C)(C)COc1ccc(C(Cc2ccc(C(=O)NCC[S+]=O)cc2)C(=O)NC2=CCC(c3ccc(Cl)cc3Cl)C=C2)cc1. The van der Waals surface area contributed by atoms with Crippen molar-refractivity contribution >= 4 is 46.7 Å². The van der Waals surface area contributed by atoms with Gasteiger partial charge in [0.15, 0.2) is 0 Å². The molecule has 1 aliphatic carbocycles. The van der Waals surface area contributed by atoms with E-state index in [1.807, 2.05) is 66.8 Å². The van der Waals surface area contributed by atoms with Gasteiger partial charge < -0.3 is 15.4 Å². The van der Waals surface area contributed by atoms with E-state index in [9.17, 15) is 13.8 Å². The average Bonchev–Trinajstić information content (AvgIpc) is 3.00. The minimum Gasteiger partial charge on any atom is -0.493 e. The van der Waals surface area contributed by atoms with Gasteiger partial charge in [0.2, 0.25) is 11.7 Å². The number of carbonyl (C=O) groups excluding carboxylic acids is 2. The molecule has 2 unspecified atom stereocenters. The van der Waals surface area contributed by atoms with Crippen molar-refractivity contribution in [2.75, 3.05) is 18.9 Å².